The van der Waals surface area contributed by atoms with Gasteiger partial charge in [-0.2, -0.15) is 0 Å². The molecule has 3 nitrogen and oxygen atoms in total. The summed E-state index contributed by atoms with van der Waals surface area (Å²) >= 11 is 6.55. The molecule has 0 saturated heterocycles. The highest BCUT2D eigenvalue weighted by atomic mass is 35.5. The molecule has 4 heteroatoms. The van der Waals surface area contributed by atoms with Gasteiger partial charge in [-0.15, -0.1) is 0 Å². The molecule has 0 aliphatic heterocycles. The number of hydrogen-bond acceptors (Lipinski definition) is 2. The van der Waals surface area contributed by atoms with Gasteiger partial charge in [0.1, 0.15) is 0 Å². The van der Waals surface area contributed by atoms with Crippen molar-refractivity contribution >= 4 is 22.5 Å². The van der Waals surface area contributed by atoms with Crippen molar-refractivity contribution in [2.45, 2.75) is 76.5 Å². The Kier molecular flexibility index (Phi) is 5.35. The molecule has 2 aromatic rings. The van der Waals surface area contributed by atoms with Crippen molar-refractivity contribution in [3.05, 3.63) is 34.5 Å². The summed E-state index contributed by atoms with van der Waals surface area (Å²) in [5.41, 5.74) is 3.97. The van der Waals surface area contributed by atoms with Gasteiger partial charge in [0.05, 0.1) is 23.2 Å². The molecule has 1 heterocycles. The monoisotopic (exact) mass is 360 g/mol. The molecule has 1 aromatic carbocycles. The molecule has 1 saturated carbocycles. The van der Waals surface area contributed by atoms with E-state index in [1.165, 1.54) is 61.6 Å². The number of halogens is 1. The Labute approximate surface area is 155 Å². The van der Waals surface area contributed by atoms with Crippen LogP contribution in [0.2, 0.25) is 5.02 Å². The molecule has 136 valence electrons. The third-order valence-electron chi connectivity index (χ3n) is 5.99. The highest BCUT2D eigenvalue weighted by molar-refractivity contribution is 6.35. The number of nitrogens with zero attached hydrogens (tertiary/aromatic N) is 1. The Morgan fingerprint density at radius 3 is 2.76 bits per heavy atom. The second-order valence-electron chi connectivity index (χ2n) is 7.78. The summed E-state index contributed by atoms with van der Waals surface area (Å²) in [6.07, 6.45) is 10.8. The molecule has 1 fully saturated rings. The molecule has 25 heavy (non-hydrogen) atoms. The van der Waals surface area contributed by atoms with E-state index in [2.05, 4.69) is 16.0 Å². The number of benzene rings is 1. The van der Waals surface area contributed by atoms with Gasteiger partial charge >= 0.3 is 0 Å². The zero-order chi connectivity index (χ0) is 17.2. The zero-order valence-corrected chi connectivity index (χ0v) is 15.7. The lowest BCUT2D eigenvalue weighted by molar-refractivity contribution is 0.144. The first-order valence-electron chi connectivity index (χ1n) is 9.94. The van der Waals surface area contributed by atoms with Crippen molar-refractivity contribution in [1.29, 1.82) is 0 Å². The van der Waals surface area contributed by atoms with E-state index in [1.807, 2.05) is 12.1 Å². The predicted molar refractivity (Wildman–Crippen MR) is 104 cm³/mol. The molecular formula is C21H29ClN2O. The number of aliphatic hydroxyl groups is 1. The summed E-state index contributed by atoms with van der Waals surface area (Å²) in [4.78, 5) is 0. The fourth-order valence-corrected chi connectivity index (χ4v) is 5.01. The number of fused-ring (bicyclic) bond motifs is 3. The Balaban J connectivity index is 1.54. The van der Waals surface area contributed by atoms with Crippen molar-refractivity contribution in [3.8, 4) is 0 Å². The average Bonchev–Trinajstić information content (AvgIpc) is 2.96. The standard InChI is InChI=1S/C21H29ClN2O/c22-19-11-6-10-18-17-9-4-5-12-20(17)24(21(18)19)14-16(25)13-23-15-7-2-1-3-8-15/h6,10-11,15-16,23,25H,1-5,7-9,12-14H2. The molecule has 1 atom stereocenters. The number of aryl methyl sites for hydroxylation is 1. The number of nitrogens with one attached hydrogen (secondary N) is 1. The van der Waals surface area contributed by atoms with E-state index in [9.17, 15) is 5.11 Å². The summed E-state index contributed by atoms with van der Waals surface area (Å²) in [5.74, 6) is 0. The van der Waals surface area contributed by atoms with Gasteiger partial charge in [0, 0.05) is 23.7 Å². The van der Waals surface area contributed by atoms with Gasteiger partial charge in [0.15, 0.2) is 0 Å². The van der Waals surface area contributed by atoms with Crippen LogP contribution in [-0.4, -0.2) is 28.4 Å². The number of aromatic nitrogens is 1. The molecule has 0 amide bonds. The minimum Gasteiger partial charge on any atom is -0.390 e. The van der Waals surface area contributed by atoms with Crippen LogP contribution in [0.5, 0.6) is 0 Å². The Bertz CT molecular complexity index is 733. The van der Waals surface area contributed by atoms with E-state index in [4.69, 9.17) is 11.6 Å². The van der Waals surface area contributed by atoms with Crippen molar-refractivity contribution in [1.82, 2.24) is 9.88 Å². The van der Waals surface area contributed by atoms with E-state index in [0.29, 0.717) is 19.1 Å². The van der Waals surface area contributed by atoms with E-state index in [1.54, 1.807) is 0 Å². The van der Waals surface area contributed by atoms with Crippen molar-refractivity contribution < 1.29 is 5.11 Å². The summed E-state index contributed by atoms with van der Waals surface area (Å²) in [6.45, 7) is 1.30. The summed E-state index contributed by atoms with van der Waals surface area (Å²) in [6, 6.07) is 6.79. The lowest BCUT2D eigenvalue weighted by Gasteiger charge is -2.25. The average molecular weight is 361 g/mol. The van der Waals surface area contributed by atoms with Crippen LogP contribution < -0.4 is 5.32 Å². The molecule has 2 aliphatic rings. The number of rotatable bonds is 5. The first kappa shape index (κ1) is 17.4. The molecule has 4 rings (SSSR count). The third kappa shape index (κ3) is 3.60. The summed E-state index contributed by atoms with van der Waals surface area (Å²) in [7, 11) is 0. The maximum atomic E-state index is 10.7. The van der Waals surface area contributed by atoms with E-state index >= 15 is 0 Å². The quantitative estimate of drug-likeness (QED) is 0.826. The molecule has 0 radical (unpaired) electrons. The van der Waals surface area contributed by atoms with Crippen LogP contribution in [0.3, 0.4) is 0 Å². The predicted octanol–water partition coefficient (Wildman–Crippen LogP) is 4.46. The Hall–Kier alpha value is -1.03. The topological polar surface area (TPSA) is 37.2 Å². The summed E-state index contributed by atoms with van der Waals surface area (Å²) < 4.78 is 2.30. The smallest absolute Gasteiger partial charge is 0.0843 e. The van der Waals surface area contributed by atoms with Crippen LogP contribution in [0.15, 0.2) is 18.2 Å². The molecule has 0 bridgehead atoms. The molecule has 2 N–H and O–H groups in total. The maximum absolute atomic E-state index is 10.7. The lowest BCUT2D eigenvalue weighted by atomic mass is 9.95. The molecular weight excluding hydrogens is 332 g/mol. The fraction of sp³-hybridized carbons (Fsp3) is 0.619. The zero-order valence-electron chi connectivity index (χ0n) is 14.9. The second-order valence-corrected chi connectivity index (χ2v) is 8.18. The summed E-state index contributed by atoms with van der Waals surface area (Å²) in [5, 5.41) is 16.3. The van der Waals surface area contributed by atoms with Crippen LogP contribution in [0.4, 0.5) is 0 Å². The van der Waals surface area contributed by atoms with Crippen LogP contribution >= 0.6 is 11.6 Å². The molecule has 2 aliphatic carbocycles. The minimum atomic E-state index is -0.375. The third-order valence-corrected chi connectivity index (χ3v) is 6.29. The van der Waals surface area contributed by atoms with E-state index < -0.39 is 0 Å². The number of para-hydroxylation sites is 1. The van der Waals surface area contributed by atoms with Crippen LogP contribution in [0.25, 0.3) is 10.9 Å². The first-order valence-corrected chi connectivity index (χ1v) is 10.3. The largest absolute Gasteiger partial charge is 0.390 e. The van der Waals surface area contributed by atoms with Gasteiger partial charge < -0.3 is 15.0 Å². The van der Waals surface area contributed by atoms with E-state index in [-0.39, 0.29) is 6.10 Å². The van der Waals surface area contributed by atoms with Crippen LogP contribution in [0, 0.1) is 0 Å². The highest BCUT2D eigenvalue weighted by Crippen LogP contribution is 2.35. The van der Waals surface area contributed by atoms with Crippen molar-refractivity contribution in [2.24, 2.45) is 0 Å². The normalized spacial score (nSPS) is 19.9. The molecule has 1 aromatic heterocycles. The number of hydrogen-bond donors (Lipinski definition) is 2. The van der Waals surface area contributed by atoms with Gasteiger partial charge in [0.25, 0.3) is 0 Å². The number of aliphatic hydroxyl groups excluding tert-OH is 1. The highest BCUT2D eigenvalue weighted by Gasteiger charge is 2.23. The molecule has 1 unspecified atom stereocenters. The van der Waals surface area contributed by atoms with Gasteiger partial charge in [-0.25, -0.2) is 0 Å². The maximum Gasteiger partial charge on any atom is 0.0843 e. The van der Waals surface area contributed by atoms with Gasteiger partial charge in [-0.3, -0.25) is 0 Å². The van der Waals surface area contributed by atoms with Gasteiger partial charge in [0.2, 0.25) is 0 Å². The van der Waals surface area contributed by atoms with Crippen LogP contribution in [-0.2, 0) is 19.4 Å². The van der Waals surface area contributed by atoms with Crippen molar-refractivity contribution in [2.75, 3.05) is 6.54 Å². The lowest BCUT2D eigenvalue weighted by Crippen LogP contribution is -2.38. The SMILES string of the molecule is OC(CNC1CCCCC1)Cn1c2c(c3cccc(Cl)c31)CCCC2. The van der Waals surface area contributed by atoms with Gasteiger partial charge in [-0.05, 0) is 50.2 Å². The Morgan fingerprint density at radius 1 is 1.12 bits per heavy atom. The first-order chi connectivity index (χ1) is 12.2. The fourth-order valence-electron chi connectivity index (χ4n) is 4.73. The minimum absolute atomic E-state index is 0.375. The van der Waals surface area contributed by atoms with E-state index in [0.717, 1.165) is 23.4 Å². The Morgan fingerprint density at radius 2 is 1.92 bits per heavy atom. The molecule has 0 spiro atoms. The second kappa shape index (κ2) is 7.69. The van der Waals surface area contributed by atoms with Crippen molar-refractivity contribution in [3.63, 3.8) is 0 Å². The van der Waals surface area contributed by atoms with Crippen LogP contribution in [0.1, 0.15) is 56.2 Å². The van der Waals surface area contributed by atoms with Gasteiger partial charge in [-0.1, -0.05) is 43.0 Å².